The molecule has 1 radical (unpaired) electrons. The number of hydrogen-bond acceptors (Lipinski definition) is 1. The van der Waals surface area contributed by atoms with Gasteiger partial charge in [-0.2, -0.15) is 0 Å². The fourth-order valence-electron chi connectivity index (χ4n) is 1.07. The van der Waals surface area contributed by atoms with Crippen molar-refractivity contribution in [2.24, 2.45) is 0 Å². The maximum Gasteiger partial charge on any atom is 0.135 e. The molecule has 0 N–H and O–H groups in total. The Bertz CT molecular complexity index is 389. The van der Waals surface area contributed by atoms with E-state index in [0.717, 1.165) is 21.8 Å². The molecule has 2 heteroatoms. The first-order valence-corrected chi connectivity index (χ1v) is 3.71. The Hall–Kier alpha value is -0.950. The van der Waals surface area contributed by atoms with E-state index in [-0.39, 0.29) is 0 Å². The lowest BCUT2D eigenvalue weighted by Gasteiger charge is -1.87. The van der Waals surface area contributed by atoms with Gasteiger partial charge < -0.3 is 4.42 Å². The zero-order valence-corrected chi connectivity index (χ0v) is 6.77. The van der Waals surface area contributed by atoms with E-state index < -0.39 is 0 Å². The predicted molar refractivity (Wildman–Crippen MR) is 44.8 cm³/mol. The number of fused-ring (bicyclic) bond motifs is 1. The topological polar surface area (TPSA) is 13.1 Å². The summed E-state index contributed by atoms with van der Waals surface area (Å²) in [4.78, 5) is 0. The highest BCUT2D eigenvalue weighted by molar-refractivity contribution is 6.31. The molecule has 0 aliphatic carbocycles. The largest absolute Gasteiger partial charge is 0.461 e. The summed E-state index contributed by atoms with van der Waals surface area (Å²) in [6.45, 7) is 1.87. The minimum atomic E-state index is 0.717. The van der Waals surface area contributed by atoms with Crippen LogP contribution in [0.2, 0.25) is 5.02 Å². The minimum absolute atomic E-state index is 0.717. The van der Waals surface area contributed by atoms with Crippen molar-refractivity contribution in [1.29, 1.82) is 0 Å². The second-order valence-electron chi connectivity index (χ2n) is 2.42. The normalized spacial score (nSPS) is 10.7. The van der Waals surface area contributed by atoms with Gasteiger partial charge >= 0.3 is 0 Å². The van der Waals surface area contributed by atoms with Crippen molar-refractivity contribution in [2.75, 3.05) is 0 Å². The molecule has 0 aliphatic heterocycles. The van der Waals surface area contributed by atoms with E-state index in [1.807, 2.05) is 19.1 Å². The van der Waals surface area contributed by atoms with Crippen LogP contribution in [0.15, 0.2) is 22.6 Å². The first-order chi connectivity index (χ1) is 5.25. The zero-order valence-electron chi connectivity index (χ0n) is 6.02. The van der Waals surface area contributed by atoms with Gasteiger partial charge in [0.2, 0.25) is 0 Å². The SMILES string of the molecule is Cc1[c]c2cc(Cl)ccc2o1. The van der Waals surface area contributed by atoms with E-state index in [9.17, 15) is 0 Å². The lowest BCUT2D eigenvalue weighted by Crippen LogP contribution is -1.62. The molecule has 2 rings (SSSR count). The third-order valence-electron chi connectivity index (χ3n) is 1.52. The lowest BCUT2D eigenvalue weighted by molar-refractivity contribution is 0.577. The van der Waals surface area contributed by atoms with Gasteiger partial charge in [-0.05, 0) is 25.1 Å². The predicted octanol–water partition coefficient (Wildman–Crippen LogP) is 3.19. The molecule has 55 valence electrons. The summed E-state index contributed by atoms with van der Waals surface area (Å²) >= 11 is 5.77. The van der Waals surface area contributed by atoms with Crippen LogP contribution in [0, 0.1) is 13.0 Å². The second-order valence-corrected chi connectivity index (χ2v) is 2.86. The van der Waals surface area contributed by atoms with Crippen LogP contribution in [0.1, 0.15) is 5.76 Å². The molecule has 0 atom stereocenters. The minimum Gasteiger partial charge on any atom is -0.461 e. The van der Waals surface area contributed by atoms with Crippen molar-refractivity contribution < 1.29 is 4.42 Å². The van der Waals surface area contributed by atoms with Crippen LogP contribution in [0.5, 0.6) is 0 Å². The Morgan fingerprint density at radius 3 is 3.09 bits per heavy atom. The maximum absolute atomic E-state index is 5.77. The third kappa shape index (κ3) is 1.12. The summed E-state index contributed by atoms with van der Waals surface area (Å²) in [5.74, 6) is 0.794. The van der Waals surface area contributed by atoms with E-state index in [2.05, 4.69) is 6.07 Å². The summed E-state index contributed by atoms with van der Waals surface area (Å²) in [6, 6.07) is 8.54. The molecule has 1 aromatic carbocycles. The standard InChI is InChI=1S/C9H6ClO/c1-6-4-7-5-8(10)2-3-9(7)11-6/h2-3,5H,1H3. The first-order valence-electron chi connectivity index (χ1n) is 3.34. The van der Waals surface area contributed by atoms with Crippen LogP contribution in [0.3, 0.4) is 0 Å². The maximum atomic E-state index is 5.77. The van der Waals surface area contributed by atoms with Gasteiger partial charge in [-0.15, -0.1) is 0 Å². The molecule has 0 saturated carbocycles. The summed E-state index contributed by atoms with van der Waals surface area (Å²) in [5.41, 5.74) is 0.840. The number of furan rings is 1. The smallest absolute Gasteiger partial charge is 0.135 e. The molecule has 0 bridgehead atoms. The number of rotatable bonds is 0. The Morgan fingerprint density at radius 1 is 1.45 bits per heavy atom. The summed E-state index contributed by atoms with van der Waals surface area (Å²) in [7, 11) is 0. The summed E-state index contributed by atoms with van der Waals surface area (Å²) in [5, 5.41) is 1.66. The molecule has 1 aromatic heterocycles. The fraction of sp³-hybridized carbons (Fsp3) is 0.111. The number of hydrogen-bond donors (Lipinski definition) is 0. The third-order valence-corrected chi connectivity index (χ3v) is 1.75. The van der Waals surface area contributed by atoms with Crippen LogP contribution in [-0.2, 0) is 0 Å². The molecule has 1 nitrogen and oxygen atoms in total. The van der Waals surface area contributed by atoms with Gasteiger partial charge in [-0.1, -0.05) is 11.6 Å². The Labute approximate surface area is 69.6 Å². The Balaban J connectivity index is 2.82. The van der Waals surface area contributed by atoms with Gasteiger partial charge in [0, 0.05) is 16.5 Å². The fourth-order valence-corrected chi connectivity index (χ4v) is 1.24. The Kier molecular flexibility index (Phi) is 1.40. The van der Waals surface area contributed by atoms with Gasteiger partial charge in [0.05, 0.1) is 0 Å². The number of halogens is 1. The first kappa shape index (κ1) is 6.74. The van der Waals surface area contributed by atoms with Crippen molar-refractivity contribution in [3.63, 3.8) is 0 Å². The van der Waals surface area contributed by atoms with Gasteiger partial charge in [-0.3, -0.25) is 0 Å². The van der Waals surface area contributed by atoms with Crippen molar-refractivity contribution in [3.05, 3.63) is 35.0 Å². The number of aryl methyl sites for hydroxylation is 1. The molecular weight excluding hydrogens is 160 g/mol. The quantitative estimate of drug-likeness (QED) is 0.584. The van der Waals surface area contributed by atoms with Crippen LogP contribution < -0.4 is 0 Å². The van der Waals surface area contributed by atoms with Gasteiger partial charge in [0.15, 0.2) is 0 Å². The second kappa shape index (κ2) is 2.28. The van der Waals surface area contributed by atoms with E-state index in [1.54, 1.807) is 6.07 Å². The van der Waals surface area contributed by atoms with Gasteiger partial charge in [0.25, 0.3) is 0 Å². The number of benzene rings is 1. The monoisotopic (exact) mass is 165 g/mol. The molecule has 1 heterocycles. The van der Waals surface area contributed by atoms with E-state index in [1.165, 1.54) is 0 Å². The van der Waals surface area contributed by atoms with Crippen molar-refractivity contribution in [1.82, 2.24) is 0 Å². The lowest BCUT2D eigenvalue weighted by atomic mass is 10.2. The van der Waals surface area contributed by atoms with Crippen LogP contribution in [0.4, 0.5) is 0 Å². The van der Waals surface area contributed by atoms with E-state index >= 15 is 0 Å². The average Bonchev–Trinajstić information content (AvgIpc) is 2.27. The summed E-state index contributed by atoms with van der Waals surface area (Å²) in [6.07, 6.45) is 0. The Morgan fingerprint density at radius 2 is 2.27 bits per heavy atom. The summed E-state index contributed by atoms with van der Waals surface area (Å²) < 4.78 is 5.31. The molecule has 0 saturated heterocycles. The highest BCUT2D eigenvalue weighted by Gasteiger charge is 1.99. The van der Waals surface area contributed by atoms with Gasteiger partial charge in [0.1, 0.15) is 11.3 Å². The van der Waals surface area contributed by atoms with Crippen molar-refractivity contribution >= 4 is 22.6 Å². The molecule has 0 fully saturated rings. The van der Waals surface area contributed by atoms with E-state index in [0.29, 0.717) is 0 Å². The van der Waals surface area contributed by atoms with Crippen molar-refractivity contribution in [2.45, 2.75) is 6.92 Å². The van der Waals surface area contributed by atoms with Crippen LogP contribution in [0.25, 0.3) is 11.0 Å². The highest BCUT2D eigenvalue weighted by Crippen LogP contribution is 2.21. The molecule has 0 unspecified atom stereocenters. The van der Waals surface area contributed by atoms with Crippen LogP contribution in [-0.4, -0.2) is 0 Å². The molecule has 0 spiro atoms. The van der Waals surface area contributed by atoms with Gasteiger partial charge in [-0.25, -0.2) is 0 Å². The van der Waals surface area contributed by atoms with Crippen molar-refractivity contribution in [3.8, 4) is 0 Å². The molecule has 0 amide bonds. The molecule has 2 aromatic rings. The molecular formula is C9H6ClO. The average molecular weight is 166 g/mol. The molecule has 0 aliphatic rings. The van der Waals surface area contributed by atoms with Crippen LogP contribution >= 0.6 is 11.6 Å². The zero-order chi connectivity index (χ0) is 7.84. The molecule has 11 heavy (non-hydrogen) atoms. The highest BCUT2D eigenvalue weighted by atomic mass is 35.5. The van der Waals surface area contributed by atoms with E-state index in [4.69, 9.17) is 16.0 Å².